The minimum absolute atomic E-state index is 0.0960. The van der Waals surface area contributed by atoms with Crippen LogP contribution in [0.15, 0.2) is 28.7 Å². The number of hydrogen-bond donors (Lipinski definition) is 0. The maximum absolute atomic E-state index is 13.3. The van der Waals surface area contributed by atoms with Gasteiger partial charge in [0.15, 0.2) is 0 Å². The molecule has 2 aliphatic heterocycles. The van der Waals surface area contributed by atoms with Crippen LogP contribution in [0.3, 0.4) is 0 Å². The summed E-state index contributed by atoms with van der Waals surface area (Å²) in [4.78, 5) is 0. The molecule has 4 rings (SSSR count). The first-order valence-corrected chi connectivity index (χ1v) is 8.07. The summed E-state index contributed by atoms with van der Waals surface area (Å²) in [6.45, 7) is 1.98. The molecule has 2 aliphatic rings. The van der Waals surface area contributed by atoms with Crippen molar-refractivity contribution in [3.63, 3.8) is 0 Å². The van der Waals surface area contributed by atoms with Gasteiger partial charge in [0.05, 0.1) is 5.41 Å². The molecule has 1 aromatic heterocycles. The lowest BCUT2D eigenvalue weighted by atomic mass is 9.74. The van der Waals surface area contributed by atoms with Gasteiger partial charge in [-0.15, -0.1) is 10.2 Å². The lowest BCUT2D eigenvalue weighted by Crippen LogP contribution is -2.35. The highest BCUT2D eigenvalue weighted by Gasteiger charge is 2.42. The topological polar surface area (TPSA) is 57.4 Å². The smallest absolute Gasteiger partial charge is 0.245 e. The molecule has 1 aromatic carbocycles. The number of halogens is 1. The van der Waals surface area contributed by atoms with Crippen molar-refractivity contribution >= 4 is 0 Å². The van der Waals surface area contributed by atoms with Crippen LogP contribution in [-0.4, -0.2) is 30.0 Å². The van der Waals surface area contributed by atoms with E-state index in [2.05, 4.69) is 10.2 Å². The van der Waals surface area contributed by atoms with E-state index in [0.29, 0.717) is 25.0 Å². The molecule has 0 amide bonds. The zero-order valence-corrected chi connectivity index (χ0v) is 12.8. The average molecular weight is 318 g/mol. The zero-order valence-electron chi connectivity index (χ0n) is 12.8. The van der Waals surface area contributed by atoms with Crippen molar-refractivity contribution in [1.29, 1.82) is 0 Å². The second-order valence-corrected chi connectivity index (χ2v) is 6.15. The molecule has 2 aromatic rings. The zero-order chi connectivity index (χ0) is 15.7. The first kappa shape index (κ1) is 14.8. The fourth-order valence-electron chi connectivity index (χ4n) is 3.45. The molecule has 2 saturated heterocycles. The van der Waals surface area contributed by atoms with E-state index in [0.717, 1.165) is 37.9 Å². The van der Waals surface area contributed by atoms with Gasteiger partial charge in [-0.25, -0.2) is 4.39 Å². The van der Waals surface area contributed by atoms with E-state index in [-0.39, 0.29) is 11.9 Å². The monoisotopic (exact) mass is 318 g/mol. The number of hydrogen-bond acceptors (Lipinski definition) is 5. The quantitative estimate of drug-likeness (QED) is 0.870. The van der Waals surface area contributed by atoms with E-state index in [1.165, 1.54) is 12.1 Å². The van der Waals surface area contributed by atoms with Crippen LogP contribution in [0.1, 0.15) is 49.1 Å². The first-order valence-electron chi connectivity index (χ1n) is 8.07. The third-order valence-electron chi connectivity index (χ3n) is 4.80. The summed E-state index contributed by atoms with van der Waals surface area (Å²) in [7, 11) is 0. The Labute approximate surface area is 133 Å². The Morgan fingerprint density at radius 3 is 2.52 bits per heavy atom. The fraction of sp³-hybridized carbons (Fsp3) is 0.529. The molecule has 23 heavy (non-hydrogen) atoms. The standard InChI is InChI=1S/C17H19FN2O3/c18-13-5-3-12(4-6-13)17(7-10-21-11-8-17)16-20-19-15(23-16)14-2-1-9-22-14/h3-6,14H,1-2,7-11H2/t14-/m0/s1. The Hall–Kier alpha value is -1.79. The number of ether oxygens (including phenoxy) is 2. The van der Waals surface area contributed by atoms with Crippen LogP contribution in [0.25, 0.3) is 0 Å². The molecule has 0 bridgehead atoms. The van der Waals surface area contributed by atoms with Gasteiger partial charge in [0.2, 0.25) is 11.8 Å². The highest BCUT2D eigenvalue weighted by Crippen LogP contribution is 2.41. The molecule has 0 N–H and O–H groups in total. The molecule has 0 radical (unpaired) electrons. The Kier molecular flexibility index (Phi) is 3.87. The van der Waals surface area contributed by atoms with Gasteiger partial charge in [-0.3, -0.25) is 0 Å². The van der Waals surface area contributed by atoms with Crippen molar-refractivity contribution in [2.75, 3.05) is 19.8 Å². The minimum atomic E-state index is -0.407. The van der Waals surface area contributed by atoms with Gasteiger partial charge in [0.1, 0.15) is 11.9 Å². The van der Waals surface area contributed by atoms with E-state index >= 15 is 0 Å². The van der Waals surface area contributed by atoms with E-state index in [1.54, 1.807) is 12.1 Å². The molecule has 0 spiro atoms. The largest absolute Gasteiger partial charge is 0.421 e. The van der Waals surface area contributed by atoms with Crippen molar-refractivity contribution < 1.29 is 18.3 Å². The molecule has 5 nitrogen and oxygen atoms in total. The number of nitrogens with zero attached hydrogens (tertiary/aromatic N) is 2. The third-order valence-corrected chi connectivity index (χ3v) is 4.80. The molecular formula is C17H19FN2O3. The van der Waals surface area contributed by atoms with Crippen LogP contribution >= 0.6 is 0 Å². The maximum Gasteiger partial charge on any atom is 0.245 e. The van der Waals surface area contributed by atoms with Crippen molar-refractivity contribution in [3.8, 4) is 0 Å². The number of aromatic nitrogens is 2. The first-order chi connectivity index (χ1) is 11.3. The summed E-state index contributed by atoms with van der Waals surface area (Å²) < 4.78 is 30.4. The summed E-state index contributed by atoms with van der Waals surface area (Å²) >= 11 is 0. The maximum atomic E-state index is 13.3. The van der Waals surface area contributed by atoms with E-state index in [9.17, 15) is 4.39 Å². The van der Waals surface area contributed by atoms with Crippen molar-refractivity contribution in [2.45, 2.75) is 37.2 Å². The Bertz CT molecular complexity index is 659. The Morgan fingerprint density at radius 2 is 1.83 bits per heavy atom. The van der Waals surface area contributed by atoms with E-state index < -0.39 is 5.41 Å². The molecule has 1 atom stereocenters. The molecule has 6 heteroatoms. The normalized spacial score (nSPS) is 24.0. The van der Waals surface area contributed by atoms with Crippen molar-refractivity contribution in [3.05, 3.63) is 47.4 Å². The number of benzene rings is 1. The van der Waals surface area contributed by atoms with Gasteiger partial charge in [-0.05, 0) is 43.4 Å². The molecule has 0 aliphatic carbocycles. The summed E-state index contributed by atoms with van der Waals surface area (Å²) in [5, 5.41) is 8.51. The van der Waals surface area contributed by atoms with Gasteiger partial charge >= 0.3 is 0 Å². The molecular weight excluding hydrogens is 299 g/mol. The predicted octanol–water partition coefficient (Wildman–Crippen LogP) is 3.16. The van der Waals surface area contributed by atoms with Crippen LogP contribution in [0, 0.1) is 5.82 Å². The van der Waals surface area contributed by atoms with E-state index in [4.69, 9.17) is 13.9 Å². The van der Waals surface area contributed by atoms with Crippen LogP contribution in [-0.2, 0) is 14.9 Å². The molecule has 0 unspecified atom stereocenters. The lowest BCUT2D eigenvalue weighted by molar-refractivity contribution is 0.0504. The molecule has 2 fully saturated rings. The van der Waals surface area contributed by atoms with Gasteiger partial charge < -0.3 is 13.9 Å². The van der Waals surface area contributed by atoms with Gasteiger partial charge in [0.25, 0.3) is 0 Å². The minimum Gasteiger partial charge on any atom is -0.421 e. The third kappa shape index (κ3) is 2.66. The molecule has 3 heterocycles. The predicted molar refractivity (Wildman–Crippen MR) is 79.5 cm³/mol. The highest BCUT2D eigenvalue weighted by molar-refractivity contribution is 5.32. The van der Waals surface area contributed by atoms with Crippen molar-refractivity contribution in [2.24, 2.45) is 0 Å². The van der Waals surface area contributed by atoms with E-state index in [1.807, 2.05) is 0 Å². The average Bonchev–Trinajstić information content (AvgIpc) is 3.28. The van der Waals surface area contributed by atoms with Crippen LogP contribution in [0.5, 0.6) is 0 Å². The second-order valence-electron chi connectivity index (χ2n) is 6.15. The van der Waals surface area contributed by atoms with Gasteiger partial charge in [-0.1, -0.05) is 12.1 Å². The molecule has 122 valence electrons. The fourth-order valence-corrected chi connectivity index (χ4v) is 3.45. The summed E-state index contributed by atoms with van der Waals surface area (Å²) in [6.07, 6.45) is 3.31. The number of rotatable bonds is 3. The SMILES string of the molecule is Fc1ccc(C2(c3nnc([C@@H]4CCCO4)o3)CCOCC2)cc1. The Balaban J connectivity index is 1.72. The lowest BCUT2D eigenvalue weighted by Gasteiger charge is -2.34. The van der Waals surface area contributed by atoms with Gasteiger partial charge in [0, 0.05) is 19.8 Å². The summed E-state index contributed by atoms with van der Waals surface area (Å²) in [5.74, 6) is 0.880. The van der Waals surface area contributed by atoms with Crippen molar-refractivity contribution in [1.82, 2.24) is 10.2 Å². The molecule has 0 saturated carbocycles. The summed E-state index contributed by atoms with van der Waals surface area (Å²) in [5.41, 5.74) is 0.584. The van der Waals surface area contributed by atoms with Crippen LogP contribution in [0.4, 0.5) is 4.39 Å². The van der Waals surface area contributed by atoms with Crippen LogP contribution in [0.2, 0.25) is 0 Å². The second kappa shape index (κ2) is 6.02. The highest BCUT2D eigenvalue weighted by atomic mass is 19.1. The Morgan fingerprint density at radius 1 is 1.04 bits per heavy atom. The van der Waals surface area contributed by atoms with Gasteiger partial charge in [-0.2, -0.15) is 0 Å². The summed E-state index contributed by atoms with van der Waals surface area (Å²) in [6, 6.07) is 6.56. The van der Waals surface area contributed by atoms with Crippen LogP contribution < -0.4 is 0 Å².